The van der Waals surface area contributed by atoms with Crippen LogP contribution in [0.4, 0.5) is 5.69 Å². The maximum atomic E-state index is 13.1. The van der Waals surface area contributed by atoms with E-state index in [4.69, 9.17) is 44.8 Å². The Morgan fingerprint density at radius 3 is 2.48 bits per heavy atom. The predicted octanol–water partition coefficient (Wildman–Crippen LogP) is 3.72. The first-order chi connectivity index (χ1) is 14.8. The van der Waals surface area contributed by atoms with Crippen molar-refractivity contribution in [3.8, 4) is 17.8 Å². The molecule has 0 saturated carbocycles. The molecule has 0 radical (unpaired) electrons. The number of carbonyl (C=O) groups is 2. The molecular formula is C19H13Cl3N6O3. The van der Waals surface area contributed by atoms with Crippen molar-refractivity contribution in [2.24, 2.45) is 0 Å². The highest BCUT2D eigenvalue weighted by Crippen LogP contribution is 2.30. The van der Waals surface area contributed by atoms with Crippen LogP contribution in [0.15, 0.2) is 30.5 Å². The molecule has 2 aromatic heterocycles. The second-order valence-electron chi connectivity index (χ2n) is 5.97. The number of nitrogens with zero attached hydrogens (tertiary/aromatic N) is 4. The largest absolute Gasteiger partial charge is 0.480 e. The summed E-state index contributed by atoms with van der Waals surface area (Å²) in [6.45, 7) is 0. The summed E-state index contributed by atoms with van der Waals surface area (Å²) in [4.78, 5) is 29.5. The van der Waals surface area contributed by atoms with E-state index < -0.39 is 11.8 Å². The Labute approximate surface area is 191 Å². The summed E-state index contributed by atoms with van der Waals surface area (Å²) in [7, 11) is 2.79. The monoisotopic (exact) mass is 478 g/mol. The zero-order valence-electron chi connectivity index (χ0n) is 16.0. The van der Waals surface area contributed by atoms with Crippen molar-refractivity contribution in [1.82, 2.24) is 20.1 Å². The number of halogens is 3. The molecule has 0 aliphatic rings. The highest BCUT2D eigenvalue weighted by molar-refractivity contribution is 6.36. The van der Waals surface area contributed by atoms with Crippen LogP contribution in [0.1, 0.15) is 26.4 Å². The van der Waals surface area contributed by atoms with Crippen LogP contribution in [0, 0.1) is 11.3 Å². The van der Waals surface area contributed by atoms with Gasteiger partial charge >= 0.3 is 0 Å². The lowest BCUT2D eigenvalue weighted by Gasteiger charge is -2.13. The summed E-state index contributed by atoms with van der Waals surface area (Å²) in [5.74, 6) is -0.962. The average Bonchev–Trinajstić information content (AvgIpc) is 3.18. The fourth-order valence-electron chi connectivity index (χ4n) is 2.64. The summed E-state index contributed by atoms with van der Waals surface area (Å²) in [5.41, 5.74) is 0.190. The van der Waals surface area contributed by atoms with E-state index in [2.05, 4.69) is 20.7 Å². The van der Waals surface area contributed by atoms with Gasteiger partial charge in [0.25, 0.3) is 11.8 Å². The summed E-state index contributed by atoms with van der Waals surface area (Å²) in [6.07, 6.45) is 1.35. The van der Waals surface area contributed by atoms with Crippen molar-refractivity contribution in [2.45, 2.75) is 0 Å². The summed E-state index contributed by atoms with van der Waals surface area (Å²) in [5, 5.41) is 18.8. The molecular weight excluding hydrogens is 467 g/mol. The van der Waals surface area contributed by atoms with E-state index in [1.165, 1.54) is 49.3 Å². The van der Waals surface area contributed by atoms with Crippen molar-refractivity contribution >= 4 is 52.3 Å². The van der Waals surface area contributed by atoms with Gasteiger partial charge < -0.3 is 15.4 Å². The Bertz CT molecular complexity index is 1240. The fraction of sp³-hybridized carbons (Fsp3) is 0.105. The number of pyridine rings is 1. The Morgan fingerprint density at radius 1 is 1.13 bits per heavy atom. The summed E-state index contributed by atoms with van der Waals surface area (Å²) >= 11 is 18.3. The third kappa shape index (κ3) is 4.56. The van der Waals surface area contributed by atoms with Gasteiger partial charge in [-0.15, -0.1) is 5.10 Å². The van der Waals surface area contributed by atoms with Crippen LogP contribution in [0.3, 0.4) is 0 Å². The Balaban J connectivity index is 2.09. The van der Waals surface area contributed by atoms with Crippen LogP contribution < -0.4 is 15.4 Å². The van der Waals surface area contributed by atoms with E-state index in [0.29, 0.717) is 5.02 Å². The molecule has 0 aliphatic heterocycles. The lowest BCUT2D eigenvalue weighted by atomic mass is 10.1. The number of aromatic nitrogens is 3. The zero-order chi connectivity index (χ0) is 22.7. The second kappa shape index (κ2) is 9.22. The van der Waals surface area contributed by atoms with E-state index in [1.54, 1.807) is 0 Å². The highest BCUT2D eigenvalue weighted by Gasteiger charge is 2.23. The predicted molar refractivity (Wildman–Crippen MR) is 115 cm³/mol. The van der Waals surface area contributed by atoms with E-state index >= 15 is 0 Å². The molecule has 2 amide bonds. The van der Waals surface area contributed by atoms with E-state index in [1.807, 2.05) is 6.07 Å². The van der Waals surface area contributed by atoms with Crippen molar-refractivity contribution in [3.63, 3.8) is 0 Å². The smallest absolute Gasteiger partial charge is 0.274 e. The lowest BCUT2D eigenvalue weighted by molar-refractivity contribution is 0.0964. The molecule has 0 atom stereocenters. The molecule has 9 nitrogen and oxygen atoms in total. The molecule has 0 saturated heterocycles. The molecule has 0 aliphatic carbocycles. The van der Waals surface area contributed by atoms with E-state index in [0.717, 1.165) is 0 Å². The van der Waals surface area contributed by atoms with Gasteiger partial charge in [0.2, 0.25) is 5.88 Å². The van der Waals surface area contributed by atoms with Gasteiger partial charge in [-0.1, -0.05) is 34.8 Å². The Morgan fingerprint density at radius 2 is 1.87 bits per heavy atom. The van der Waals surface area contributed by atoms with Crippen LogP contribution in [0.5, 0.6) is 5.88 Å². The number of ether oxygens (including phenoxy) is 1. The molecule has 31 heavy (non-hydrogen) atoms. The van der Waals surface area contributed by atoms with Gasteiger partial charge in [-0.05, 0) is 18.2 Å². The minimum absolute atomic E-state index is 0.00291. The number of hydrogen-bond donors (Lipinski definition) is 2. The van der Waals surface area contributed by atoms with E-state index in [-0.39, 0.29) is 44.3 Å². The molecule has 0 bridgehead atoms. The SMILES string of the molecule is CNC(=O)c1cc(C#N)cc(Cl)c1NC(=O)c1cc(OC)nn1-c1ncc(Cl)cc1Cl. The Hall–Kier alpha value is -3.32. The summed E-state index contributed by atoms with van der Waals surface area (Å²) < 4.78 is 6.29. The second-order valence-corrected chi connectivity index (χ2v) is 7.22. The molecule has 12 heteroatoms. The first kappa shape index (κ1) is 22.4. The number of nitrogens with one attached hydrogen (secondary N) is 2. The molecule has 2 heterocycles. The van der Waals surface area contributed by atoms with Gasteiger partial charge in [0, 0.05) is 19.3 Å². The molecule has 3 rings (SSSR count). The minimum atomic E-state index is -0.680. The maximum Gasteiger partial charge on any atom is 0.274 e. The molecule has 0 spiro atoms. The van der Waals surface area contributed by atoms with E-state index in [9.17, 15) is 9.59 Å². The van der Waals surface area contributed by atoms with Gasteiger partial charge in [0.1, 0.15) is 5.69 Å². The van der Waals surface area contributed by atoms with Crippen molar-refractivity contribution in [1.29, 1.82) is 5.26 Å². The van der Waals surface area contributed by atoms with Gasteiger partial charge in [-0.3, -0.25) is 9.59 Å². The first-order valence-corrected chi connectivity index (χ1v) is 9.65. The molecule has 1 aromatic carbocycles. The highest BCUT2D eigenvalue weighted by atomic mass is 35.5. The number of benzene rings is 1. The van der Waals surface area contributed by atoms with Crippen LogP contribution in [0.25, 0.3) is 5.82 Å². The van der Waals surface area contributed by atoms with Gasteiger partial charge in [0.15, 0.2) is 5.82 Å². The fourth-order valence-corrected chi connectivity index (χ4v) is 3.36. The van der Waals surface area contributed by atoms with Crippen molar-refractivity contribution < 1.29 is 14.3 Å². The van der Waals surface area contributed by atoms with Gasteiger partial charge in [0.05, 0.1) is 45.1 Å². The number of anilines is 1. The van der Waals surface area contributed by atoms with Crippen LogP contribution in [0.2, 0.25) is 15.1 Å². The topological polar surface area (TPSA) is 122 Å². The molecule has 2 N–H and O–H groups in total. The maximum absolute atomic E-state index is 13.1. The third-order valence-corrected chi connectivity index (χ3v) is 4.83. The number of carbonyl (C=O) groups excluding carboxylic acids is 2. The standard InChI is InChI=1S/C19H13Cl3N6O3/c1-24-18(29)11-3-9(7-23)4-12(21)16(11)26-19(30)14-6-15(31-2)27-28(14)17-13(22)5-10(20)8-25-17/h3-6,8H,1-2H3,(H,24,29)(H,26,30). The zero-order valence-corrected chi connectivity index (χ0v) is 18.3. The van der Waals surface area contributed by atoms with Gasteiger partial charge in [-0.25, -0.2) is 9.67 Å². The third-order valence-electron chi connectivity index (χ3n) is 4.05. The lowest BCUT2D eigenvalue weighted by Crippen LogP contribution is -2.23. The number of rotatable bonds is 5. The number of hydrogen-bond acceptors (Lipinski definition) is 6. The number of nitriles is 1. The molecule has 0 unspecified atom stereocenters. The van der Waals surface area contributed by atoms with Crippen molar-refractivity contribution in [2.75, 3.05) is 19.5 Å². The normalized spacial score (nSPS) is 10.3. The minimum Gasteiger partial charge on any atom is -0.480 e. The molecule has 0 fully saturated rings. The molecule has 158 valence electrons. The van der Waals surface area contributed by atoms with Crippen LogP contribution in [-0.2, 0) is 0 Å². The first-order valence-electron chi connectivity index (χ1n) is 8.51. The summed E-state index contributed by atoms with van der Waals surface area (Å²) in [6, 6.07) is 7.37. The van der Waals surface area contributed by atoms with Crippen LogP contribution >= 0.6 is 34.8 Å². The Kier molecular flexibility index (Phi) is 6.65. The van der Waals surface area contributed by atoms with Gasteiger partial charge in [-0.2, -0.15) is 5.26 Å². The number of amides is 2. The van der Waals surface area contributed by atoms with Crippen molar-refractivity contribution in [3.05, 3.63) is 62.4 Å². The van der Waals surface area contributed by atoms with Crippen LogP contribution in [-0.4, -0.2) is 40.7 Å². The average molecular weight is 480 g/mol. The molecule has 3 aromatic rings. The quantitative estimate of drug-likeness (QED) is 0.575. The number of methoxy groups -OCH3 is 1.